The average molecular weight is 415 g/mol. The monoisotopic (exact) mass is 414 g/mol. The summed E-state index contributed by atoms with van der Waals surface area (Å²) in [6.07, 6.45) is 0. The zero-order valence-electron chi connectivity index (χ0n) is 18.3. The summed E-state index contributed by atoms with van der Waals surface area (Å²) in [7, 11) is 3.27. The number of nitrogens with zero attached hydrogens (tertiary/aromatic N) is 2. The normalized spacial score (nSPS) is 11.1. The third kappa shape index (κ3) is 4.17. The molecule has 158 valence electrons. The van der Waals surface area contributed by atoms with Crippen LogP contribution in [-0.2, 0) is 6.54 Å². The Morgan fingerprint density at radius 2 is 1.52 bits per heavy atom. The molecule has 31 heavy (non-hydrogen) atoms. The summed E-state index contributed by atoms with van der Waals surface area (Å²) >= 11 is 0. The fourth-order valence-corrected chi connectivity index (χ4v) is 3.70. The highest BCUT2D eigenvalue weighted by Crippen LogP contribution is 2.30. The highest BCUT2D eigenvalue weighted by Gasteiger charge is 2.14. The van der Waals surface area contributed by atoms with Crippen molar-refractivity contribution in [2.24, 2.45) is 0 Å². The Morgan fingerprint density at radius 1 is 0.871 bits per heavy atom. The summed E-state index contributed by atoms with van der Waals surface area (Å²) in [6.45, 7) is 4.74. The van der Waals surface area contributed by atoms with Crippen LogP contribution in [0.3, 0.4) is 0 Å². The van der Waals surface area contributed by atoms with E-state index in [9.17, 15) is 4.79 Å². The molecule has 0 aliphatic rings. The number of benzene rings is 3. The van der Waals surface area contributed by atoms with E-state index in [1.807, 2.05) is 54.6 Å². The first-order chi connectivity index (χ1) is 15.0. The molecule has 0 fully saturated rings. The maximum atomic E-state index is 13.1. The smallest absolute Gasteiger partial charge is 0.348 e. The molecule has 0 unspecified atom stereocenters. The zero-order valence-corrected chi connectivity index (χ0v) is 18.3. The summed E-state index contributed by atoms with van der Waals surface area (Å²) in [4.78, 5) is 17.6. The van der Waals surface area contributed by atoms with Gasteiger partial charge in [-0.1, -0.05) is 50.2 Å². The number of methoxy groups -OCH3 is 2. The topological polar surface area (TPSA) is 53.4 Å². The van der Waals surface area contributed by atoms with Gasteiger partial charge in [0.25, 0.3) is 0 Å². The number of rotatable bonds is 6. The Morgan fingerprint density at radius 3 is 2.13 bits per heavy atom. The zero-order chi connectivity index (χ0) is 22.0. The Kier molecular flexibility index (Phi) is 5.76. The standard InChI is InChI=1S/C26H26N2O3/c1-17(2)19-7-9-20(10-8-19)25-23-15-22(31-4)13-14-24(23)28(26(29)27-25)16-18-5-11-21(30-3)12-6-18/h5-15,17H,16H2,1-4H3. The molecule has 1 aromatic heterocycles. The van der Waals surface area contributed by atoms with Gasteiger partial charge in [-0.3, -0.25) is 4.57 Å². The van der Waals surface area contributed by atoms with Crippen LogP contribution < -0.4 is 15.2 Å². The molecular formula is C26H26N2O3. The molecule has 5 heteroatoms. The first-order valence-corrected chi connectivity index (χ1v) is 10.3. The summed E-state index contributed by atoms with van der Waals surface area (Å²) in [6, 6.07) is 21.7. The van der Waals surface area contributed by atoms with E-state index in [1.54, 1.807) is 18.8 Å². The lowest BCUT2D eigenvalue weighted by atomic mass is 9.99. The highest BCUT2D eigenvalue weighted by atomic mass is 16.5. The molecule has 0 saturated carbocycles. The molecule has 0 atom stereocenters. The molecule has 0 aliphatic heterocycles. The summed E-state index contributed by atoms with van der Waals surface area (Å²) in [5.74, 6) is 1.95. The summed E-state index contributed by atoms with van der Waals surface area (Å²) in [5, 5.41) is 0.879. The lowest BCUT2D eigenvalue weighted by Crippen LogP contribution is -2.24. The van der Waals surface area contributed by atoms with E-state index in [1.165, 1.54) is 5.56 Å². The van der Waals surface area contributed by atoms with Crippen molar-refractivity contribution in [3.63, 3.8) is 0 Å². The minimum atomic E-state index is -0.281. The largest absolute Gasteiger partial charge is 0.497 e. The molecule has 0 aliphatic carbocycles. The second-order valence-corrected chi connectivity index (χ2v) is 7.84. The number of hydrogen-bond donors (Lipinski definition) is 0. The van der Waals surface area contributed by atoms with Crippen molar-refractivity contribution in [1.82, 2.24) is 9.55 Å². The van der Waals surface area contributed by atoms with Crippen molar-refractivity contribution < 1.29 is 9.47 Å². The van der Waals surface area contributed by atoms with Crippen molar-refractivity contribution >= 4 is 10.9 Å². The van der Waals surface area contributed by atoms with Crippen LogP contribution in [0.15, 0.2) is 71.5 Å². The van der Waals surface area contributed by atoms with Crippen molar-refractivity contribution in [3.8, 4) is 22.8 Å². The molecule has 3 aromatic carbocycles. The van der Waals surface area contributed by atoms with Gasteiger partial charge in [0, 0.05) is 10.9 Å². The van der Waals surface area contributed by atoms with Crippen LogP contribution in [-0.4, -0.2) is 23.8 Å². The number of aromatic nitrogens is 2. The van der Waals surface area contributed by atoms with E-state index < -0.39 is 0 Å². The van der Waals surface area contributed by atoms with E-state index in [2.05, 4.69) is 31.0 Å². The third-order valence-corrected chi connectivity index (χ3v) is 5.54. The van der Waals surface area contributed by atoms with Crippen LogP contribution in [0.25, 0.3) is 22.2 Å². The van der Waals surface area contributed by atoms with Crippen molar-refractivity contribution in [3.05, 3.63) is 88.3 Å². The molecule has 0 spiro atoms. The summed E-state index contributed by atoms with van der Waals surface area (Å²) in [5.41, 5.74) is 4.36. The minimum absolute atomic E-state index is 0.281. The minimum Gasteiger partial charge on any atom is -0.497 e. The molecular weight excluding hydrogens is 388 g/mol. The van der Waals surface area contributed by atoms with Gasteiger partial charge in [-0.05, 0) is 47.4 Å². The van der Waals surface area contributed by atoms with Gasteiger partial charge in [-0.15, -0.1) is 0 Å². The van der Waals surface area contributed by atoms with Gasteiger partial charge >= 0.3 is 5.69 Å². The van der Waals surface area contributed by atoms with Crippen LogP contribution in [0, 0.1) is 0 Å². The predicted molar refractivity (Wildman–Crippen MR) is 124 cm³/mol. The first kappa shape index (κ1) is 20.7. The van der Waals surface area contributed by atoms with Crippen molar-refractivity contribution in [1.29, 1.82) is 0 Å². The van der Waals surface area contributed by atoms with Crippen LogP contribution in [0.1, 0.15) is 30.9 Å². The fraction of sp³-hybridized carbons (Fsp3) is 0.231. The van der Waals surface area contributed by atoms with E-state index in [-0.39, 0.29) is 5.69 Å². The van der Waals surface area contributed by atoms with E-state index in [4.69, 9.17) is 9.47 Å². The lowest BCUT2D eigenvalue weighted by molar-refractivity contribution is 0.414. The second-order valence-electron chi connectivity index (χ2n) is 7.84. The number of hydrogen-bond acceptors (Lipinski definition) is 4. The van der Waals surface area contributed by atoms with Gasteiger partial charge in [-0.25, -0.2) is 4.79 Å². The molecule has 4 rings (SSSR count). The van der Waals surface area contributed by atoms with Gasteiger partial charge < -0.3 is 9.47 Å². The van der Waals surface area contributed by atoms with E-state index >= 15 is 0 Å². The Balaban J connectivity index is 1.86. The van der Waals surface area contributed by atoms with Gasteiger partial charge in [0.15, 0.2) is 0 Å². The Labute approximate surface area is 181 Å². The number of ether oxygens (including phenoxy) is 2. The van der Waals surface area contributed by atoms with Crippen LogP contribution in [0.2, 0.25) is 0 Å². The van der Waals surface area contributed by atoms with Crippen LogP contribution in [0.4, 0.5) is 0 Å². The van der Waals surface area contributed by atoms with Gasteiger partial charge in [0.2, 0.25) is 0 Å². The highest BCUT2D eigenvalue weighted by molar-refractivity contribution is 5.93. The molecule has 0 saturated heterocycles. The molecule has 0 bridgehead atoms. The molecule has 0 N–H and O–H groups in total. The molecule has 0 amide bonds. The van der Waals surface area contributed by atoms with Crippen LogP contribution >= 0.6 is 0 Å². The lowest BCUT2D eigenvalue weighted by Gasteiger charge is -2.15. The predicted octanol–water partition coefficient (Wildman–Crippen LogP) is 5.25. The molecule has 4 aromatic rings. The van der Waals surface area contributed by atoms with Gasteiger partial charge in [-0.2, -0.15) is 4.98 Å². The summed E-state index contributed by atoms with van der Waals surface area (Å²) < 4.78 is 12.4. The Bertz CT molecular complexity index is 1260. The molecule has 5 nitrogen and oxygen atoms in total. The maximum absolute atomic E-state index is 13.1. The molecule has 1 heterocycles. The van der Waals surface area contributed by atoms with Crippen LogP contribution in [0.5, 0.6) is 11.5 Å². The SMILES string of the molecule is COc1ccc(Cn2c(=O)nc(-c3ccc(C(C)C)cc3)c3cc(OC)ccc32)cc1. The number of fused-ring (bicyclic) bond motifs is 1. The maximum Gasteiger partial charge on any atom is 0.348 e. The second kappa shape index (κ2) is 8.64. The molecule has 0 radical (unpaired) electrons. The van der Waals surface area contributed by atoms with Crippen molar-refractivity contribution in [2.45, 2.75) is 26.3 Å². The van der Waals surface area contributed by atoms with Crippen molar-refractivity contribution in [2.75, 3.05) is 14.2 Å². The third-order valence-electron chi connectivity index (χ3n) is 5.54. The van der Waals surface area contributed by atoms with E-state index in [0.717, 1.165) is 33.5 Å². The average Bonchev–Trinajstić information content (AvgIpc) is 2.80. The fourth-order valence-electron chi connectivity index (χ4n) is 3.70. The Hall–Kier alpha value is -3.60. The first-order valence-electron chi connectivity index (χ1n) is 10.3. The van der Waals surface area contributed by atoms with Gasteiger partial charge in [0.05, 0.1) is 32.0 Å². The van der Waals surface area contributed by atoms with E-state index in [0.29, 0.717) is 18.2 Å². The van der Waals surface area contributed by atoms with Gasteiger partial charge in [0.1, 0.15) is 11.5 Å². The quantitative estimate of drug-likeness (QED) is 0.432.